The molecule has 17 heavy (non-hydrogen) atoms. The van der Waals surface area contributed by atoms with Crippen LogP contribution in [0.15, 0.2) is 29.4 Å². The van der Waals surface area contributed by atoms with Gasteiger partial charge < -0.3 is 15.1 Å². The molecule has 0 amide bonds. The molecule has 92 valence electrons. The van der Waals surface area contributed by atoms with Crippen molar-refractivity contribution in [3.05, 3.63) is 29.8 Å². The van der Waals surface area contributed by atoms with Crippen molar-refractivity contribution in [3.63, 3.8) is 0 Å². The lowest BCUT2D eigenvalue weighted by molar-refractivity contribution is -0.147. The number of rotatable bonds is 5. The molecule has 0 aliphatic carbocycles. The zero-order valence-corrected chi connectivity index (χ0v) is 9.70. The summed E-state index contributed by atoms with van der Waals surface area (Å²) in [4.78, 5) is 10.9. The highest BCUT2D eigenvalue weighted by Gasteiger charge is 2.23. The normalized spacial score (nSPS) is 12.9. The average Bonchev–Trinajstić information content (AvgIpc) is 2.27. The second-order valence-electron chi connectivity index (χ2n) is 3.93. The molecule has 0 saturated carbocycles. The molecule has 1 atom stereocenters. The first-order valence-corrected chi connectivity index (χ1v) is 5.21. The minimum absolute atomic E-state index is 0.119. The summed E-state index contributed by atoms with van der Waals surface area (Å²) in [5.74, 6) is -0.631. The van der Waals surface area contributed by atoms with Crippen LogP contribution in [-0.4, -0.2) is 28.6 Å². The molecular formula is C12H15NO4. The second-order valence-corrected chi connectivity index (χ2v) is 3.93. The van der Waals surface area contributed by atoms with E-state index in [1.54, 1.807) is 38.1 Å². The van der Waals surface area contributed by atoms with Gasteiger partial charge in [-0.15, -0.1) is 0 Å². The van der Waals surface area contributed by atoms with Crippen molar-refractivity contribution in [2.24, 2.45) is 11.1 Å². The van der Waals surface area contributed by atoms with E-state index in [1.165, 1.54) is 6.21 Å². The molecule has 0 fully saturated rings. The fourth-order valence-corrected chi connectivity index (χ4v) is 1.32. The first kappa shape index (κ1) is 13.0. The van der Waals surface area contributed by atoms with E-state index in [4.69, 9.17) is 15.1 Å². The number of carbonyl (C=O) groups is 1. The first-order valence-electron chi connectivity index (χ1n) is 5.21. The number of hydrogen-bond donors (Lipinski definition) is 2. The molecule has 2 N–H and O–H groups in total. The Balaban J connectivity index is 2.77. The van der Waals surface area contributed by atoms with E-state index >= 15 is 0 Å². The van der Waals surface area contributed by atoms with Gasteiger partial charge in [-0.1, -0.05) is 19.0 Å². The molecule has 1 aromatic carbocycles. The van der Waals surface area contributed by atoms with Crippen molar-refractivity contribution in [1.29, 1.82) is 0 Å². The Morgan fingerprint density at radius 2 is 1.94 bits per heavy atom. The van der Waals surface area contributed by atoms with Crippen LogP contribution in [-0.2, 0) is 4.79 Å². The van der Waals surface area contributed by atoms with Crippen molar-refractivity contribution in [2.75, 3.05) is 0 Å². The summed E-state index contributed by atoms with van der Waals surface area (Å²) in [6, 6.07) is 6.62. The Bertz CT molecular complexity index is 397. The van der Waals surface area contributed by atoms with Crippen LogP contribution in [0, 0.1) is 5.92 Å². The van der Waals surface area contributed by atoms with Crippen LogP contribution in [0.1, 0.15) is 19.4 Å². The summed E-state index contributed by atoms with van der Waals surface area (Å²) >= 11 is 0. The van der Waals surface area contributed by atoms with Gasteiger partial charge in [0.25, 0.3) is 0 Å². The molecule has 0 saturated heterocycles. The third kappa shape index (κ3) is 3.79. The monoisotopic (exact) mass is 237 g/mol. The highest BCUT2D eigenvalue weighted by molar-refractivity contribution is 5.79. The Labute approximate surface area is 99.3 Å². The molecule has 0 radical (unpaired) electrons. The predicted octanol–water partition coefficient (Wildman–Crippen LogP) is 1.98. The molecule has 0 bridgehead atoms. The van der Waals surface area contributed by atoms with Crippen LogP contribution in [0.3, 0.4) is 0 Å². The molecule has 1 rings (SSSR count). The van der Waals surface area contributed by atoms with Crippen LogP contribution in [0.4, 0.5) is 0 Å². The molecule has 0 aromatic heterocycles. The Hall–Kier alpha value is -2.04. The molecule has 0 aliphatic heterocycles. The van der Waals surface area contributed by atoms with Crippen LogP contribution in [0.5, 0.6) is 5.75 Å². The van der Waals surface area contributed by atoms with E-state index in [9.17, 15) is 4.79 Å². The zero-order chi connectivity index (χ0) is 12.8. The van der Waals surface area contributed by atoms with Crippen molar-refractivity contribution < 1.29 is 19.8 Å². The topological polar surface area (TPSA) is 79.1 Å². The number of oxime groups is 1. The number of carboxylic acid groups (broad SMARTS) is 1. The molecule has 1 unspecified atom stereocenters. The lowest BCUT2D eigenvalue weighted by Crippen LogP contribution is -2.32. The van der Waals surface area contributed by atoms with Crippen molar-refractivity contribution in [3.8, 4) is 5.75 Å². The van der Waals surface area contributed by atoms with Gasteiger partial charge in [0.2, 0.25) is 0 Å². The fraction of sp³-hybridized carbons (Fsp3) is 0.333. The van der Waals surface area contributed by atoms with Gasteiger partial charge in [0.15, 0.2) is 6.10 Å². The largest absolute Gasteiger partial charge is 0.478 e. The maximum atomic E-state index is 10.9. The second kappa shape index (κ2) is 5.89. The summed E-state index contributed by atoms with van der Waals surface area (Å²) in [7, 11) is 0. The van der Waals surface area contributed by atoms with Gasteiger partial charge in [0.1, 0.15) is 5.75 Å². The lowest BCUT2D eigenvalue weighted by Gasteiger charge is -2.18. The standard InChI is InChI=1S/C12H15NO4/c1-8(2)11(12(14)15)17-10-5-3-9(4-6-10)7-13-16/h3-8,11,16H,1-2H3,(H,14,15)/b13-7-. The van der Waals surface area contributed by atoms with Gasteiger partial charge in [-0.05, 0) is 29.8 Å². The number of nitrogens with zero attached hydrogens (tertiary/aromatic N) is 1. The van der Waals surface area contributed by atoms with E-state index in [1.807, 2.05) is 0 Å². The minimum atomic E-state index is -0.985. The molecule has 0 spiro atoms. The third-order valence-electron chi connectivity index (χ3n) is 2.20. The number of hydrogen-bond acceptors (Lipinski definition) is 4. The minimum Gasteiger partial charge on any atom is -0.478 e. The Morgan fingerprint density at radius 1 is 1.35 bits per heavy atom. The summed E-state index contributed by atoms with van der Waals surface area (Å²) in [6.07, 6.45) is 0.410. The molecule has 0 aliphatic rings. The van der Waals surface area contributed by atoms with Gasteiger partial charge in [0, 0.05) is 5.92 Å². The van der Waals surface area contributed by atoms with Crippen LogP contribution >= 0.6 is 0 Å². The van der Waals surface area contributed by atoms with Gasteiger partial charge in [-0.25, -0.2) is 4.79 Å². The van der Waals surface area contributed by atoms with E-state index in [0.29, 0.717) is 11.3 Å². The molecule has 0 heterocycles. The van der Waals surface area contributed by atoms with E-state index < -0.39 is 12.1 Å². The molecule has 5 heteroatoms. The quantitative estimate of drug-likeness (QED) is 0.466. The van der Waals surface area contributed by atoms with Crippen LogP contribution < -0.4 is 4.74 Å². The van der Waals surface area contributed by atoms with Crippen LogP contribution in [0.2, 0.25) is 0 Å². The lowest BCUT2D eigenvalue weighted by atomic mass is 10.1. The third-order valence-corrected chi connectivity index (χ3v) is 2.20. The van der Waals surface area contributed by atoms with Gasteiger partial charge >= 0.3 is 5.97 Å². The van der Waals surface area contributed by atoms with Crippen molar-refractivity contribution >= 4 is 12.2 Å². The Morgan fingerprint density at radius 3 is 2.35 bits per heavy atom. The summed E-state index contributed by atoms with van der Waals surface area (Å²) in [5, 5.41) is 20.2. The number of ether oxygens (including phenoxy) is 1. The SMILES string of the molecule is CC(C)C(Oc1ccc(/C=N\O)cc1)C(=O)O. The molecule has 1 aromatic rings. The van der Waals surface area contributed by atoms with Gasteiger partial charge in [-0.2, -0.15) is 0 Å². The van der Waals surface area contributed by atoms with E-state index in [0.717, 1.165) is 0 Å². The fourth-order valence-electron chi connectivity index (χ4n) is 1.32. The van der Waals surface area contributed by atoms with E-state index in [2.05, 4.69) is 5.16 Å². The highest BCUT2D eigenvalue weighted by atomic mass is 16.5. The predicted molar refractivity (Wildman–Crippen MR) is 62.7 cm³/mol. The summed E-state index contributed by atoms with van der Waals surface area (Å²) in [5.41, 5.74) is 0.705. The maximum Gasteiger partial charge on any atom is 0.345 e. The molecule has 5 nitrogen and oxygen atoms in total. The smallest absolute Gasteiger partial charge is 0.345 e. The number of carboxylic acids is 1. The molecular weight excluding hydrogens is 222 g/mol. The first-order chi connectivity index (χ1) is 8.04. The highest BCUT2D eigenvalue weighted by Crippen LogP contribution is 2.16. The summed E-state index contributed by atoms with van der Waals surface area (Å²) in [6.45, 7) is 3.57. The van der Waals surface area contributed by atoms with Gasteiger partial charge in [0.05, 0.1) is 6.21 Å². The Kier molecular flexibility index (Phi) is 4.51. The zero-order valence-electron chi connectivity index (χ0n) is 9.70. The van der Waals surface area contributed by atoms with Crippen molar-refractivity contribution in [2.45, 2.75) is 20.0 Å². The van der Waals surface area contributed by atoms with Crippen LogP contribution in [0.25, 0.3) is 0 Å². The summed E-state index contributed by atoms with van der Waals surface area (Å²) < 4.78 is 5.36. The van der Waals surface area contributed by atoms with E-state index in [-0.39, 0.29) is 5.92 Å². The average molecular weight is 237 g/mol. The maximum absolute atomic E-state index is 10.9. The van der Waals surface area contributed by atoms with Crippen molar-refractivity contribution in [1.82, 2.24) is 0 Å². The number of benzene rings is 1. The number of aliphatic carboxylic acids is 1. The van der Waals surface area contributed by atoms with Gasteiger partial charge in [-0.3, -0.25) is 0 Å².